The van der Waals surface area contributed by atoms with E-state index in [-0.39, 0.29) is 11.0 Å². The van der Waals surface area contributed by atoms with E-state index in [2.05, 4.69) is 0 Å². The molecule has 1 N–H and O–H groups in total. The van der Waals surface area contributed by atoms with Crippen molar-refractivity contribution in [3.8, 4) is 0 Å². The Balaban J connectivity index is 2.05. The molecule has 1 aliphatic carbocycles. The Labute approximate surface area is 100 Å². The van der Waals surface area contributed by atoms with Gasteiger partial charge in [-0.3, -0.25) is 0 Å². The smallest absolute Gasteiger partial charge is 0.225 e. The lowest BCUT2D eigenvalue weighted by Crippen LogP contribution is -2.42. The van der Waals surface area contributed by atoms with Gasteiger partial charge in [0.1, 0.15) is 12.2 Å². The molecule has 1 saturated heterocycles. The van der Waals surface area contributed by atoms with Crippen molar-refractivity contribution in [1.29, 1.82) is 0 Å². The Bertz CT molecular complexity index is 525. The van der Waals surface area contributed by atoms with Gasteiger partial charge in [0.15, 0.2) is 0 Å². The quantitative estimate of drug-likeness (QED) is 0.803. The van der Waals surface area contributed by atoms with Gasteiger partial charge in [0.05, 0.1) is 4.90 Å². The van der Waals surface area contributed by atoms with Crippen LogP contribution in [-0.4, -0.2) is 30.7 Å². The van der Waals surface area contributed by atoms with Crippen molar-refractivity contribution in [3.63, 3.8) is 0 Å². The molecule has 2 aliphatic rings. The Morgan fingerprint density at radius 2 is 1.94 bits per heavy atom. The summed E-state index contributed by atoms with van der Waals surface area (Å²) in [7, 11) is -3.61. The second-order valence-electron chi connectivity index (χ2n) is 4.59. The minimum absolute atomic E-state index is 0.225. The van der Waals surface area contributed by atoms with Gasteiger partial charge in [0.2, 0.25) is 14.8 Å². The minimum Gasteiger partial charge on any atom is -0.389 e. The highest BCUT2D eigenvalue weighted by molar-refractivity contribution is 7.93. The normalized spacial score (nSPS) is 36.3. The Morgan fingerprint density at radius 3 is 2.59 bits per heavy atom. The highest BCUT2D eigenvalue weighted by atomic mass is 32.2. The summed E-state index contributed by atoms with van der Waals surface area (Å²) in [5.41, 5.74) is 0. The number of fused-ring (bicyclic) bond motifs is 1. The third kappa shape index (κ3) is 1.39. The average molecular weight is 254 g/mol. The van der Waals surface area contributed by atoms with Crippen LogP contribution in [0.3, 0.4) is 0 Å². The van der Waals surface area contributed by atoms with Crippen LogP contribution in [-0.2, 0) is 14.6 Å². The number of sulfone groups is 1. The largest absolute Gasteiger partial charge is 0.389 e. The maximum atomic E-state index is 12.5. The van der Waals surface area contributed by atoms with E-state index >= 15 is 0 Å². The lowest BCUT2D eigenvalue weighted by Gasteiger charge is -2.23. The zero-order chi connectivity index (χ0) is 12.1. The first-order valence-corrected chi connectivity index (χ1v) is 7.23. The molecule has 1 aromatic carbocycles. The molecule has 4 nitrogen and oxygen atoms in total. The van der Waals surface area contributed by atoms with Crippen molar-refractivity contribution in [2.75, 3.05) is 0 Å². The van der Waals surface area contributed by atoms with Gasteiger partial charge in [0.25, 0.3) is 0 Å². The van der Waals surface area contributed by atoms with Gasteiger partial charge in [-0.25, -0.2) is 8.42 Å². The third-order valence-electron chi connectivity index (χ3n) is 3.60. The first-order chi connectivity index (χ1) is 8.09. The lowest BCUT2D eigenvalue weighted by molar-refractivity contribution is 0.104. The van der Waals surface area contributed by atoms with E-state index in [1.807, 2.05) is 0 Å². The molecule has 0 aromatic heterocycles. The van der Waals surface area contributed by atoms with E-state index in [1.54, 1.807) is 30.3 Å². The molecular formula is C12H14O4S. The predicted octanol–water partition coefficient (Wildman–Crippen LogP) is 1.10. The Morgan fingerprint density at radius 1 is 1.24 bits per heavy atom. The SMILES string of the molecule is O=S(=O)(c1ccccc1)[C@]12O[C@H]1CCC[C@H]2O. The number of hydrogen-bond donors (Lipinski definition) is 1. The van der Waals surface area contributed by atoms with Gasteiger partial charge in [-0.05, 0) is 31.4 Å². The first kappa shape index (κ1) is 11.2. The van der Waals surface area contributed by atoms with Gasteiger partial charge < -0.3 is 9.84 Å². The van der Waals surface area contributed by atoms with Crippen LogP contribution >= 0.6 is 0 Å². The zero-order valence-electron chi connectivity index (χ0n) is 9.24. The van der Waals surface area contributed by atoms with Gasteiger partial charge in [0, 0.05) is 0 Å². The van der Waals surface area contributed by atoms with Gasteiger partial charge in [-0.1, -0.05) is 18.2 Å². The number of aliphatic hydroxyl groups is 1. The zero-order valence-corrected chi connectivity index (χ0v) is 10.1. The van der Waals surface area contributed by atoms with Crippen molar-refractivity contribution in [2.24, 2.45) is 0 Å². The first-order valence-electron chi connectivity index (χ1n) is 5.74. The standard InChI is InChI=1S/C12H14O4S/c13-10-7-4-8-11-12(10,16-11)17(14,15)9-5-2-1-3-6-9/h1-3,5-6,10-11,13H,4,7-8H2/t10-,11+,12+/m1/s1. The van der Waals surface area contributed by atoms with Crippen molar-refractivity contribution in [3.05, 3.63) is 30.3 Å². The predicted molar refractivity (Wildman–Crippen MR) is 61.1 cm³/mol. The van der Waals surface area contributed by atoms with E-state index in [4.69, 9.17) is 4.74 Å². The van der Waals surface area contributed by atoms with E-state index in [0.29, 0.717) is 12.8 Å². The molecule has 1 saturated carbocycles. The summed E-state index contributed by atoms with van der Waals surface area (Å²) < 4.78 is 30.3. The molecular weight excluding hydrogens is 240 g/mol. The molecule has 0 amide bonds. The fraction of sp³-hybridized carbons (Fsp3) is 0.500. The van der Waals surface area contributed by atoms with Crippen molar-refractivity contribution >= 4 is 9.84 Å². The molecule has 17 heavy (non-hydrogen) atoms. The molecule has 92 valence electrons. The second-order valence-corrected chi connectivity index (χ2v) is 6.71. The molecule has 0 unspecified atom stereocenters. The summed E-state index contributed by atoms with van der Waals surface area (Å²) >= 11 is 0. The van der Waals surface area contributed by atoms with Crippen LogP contribution in [0.15, 0.2) is 35.2 Å². The third-order valence-corrected chi connectivity index (χ3v) is 5.96. The van der Waals surface area contributed by atoms with Crippen molar-refractivity contribution in [2.45, 2.75) is 41.3 Å². The molecule has 3 rings (SSSR count). The van der Waals surface area contributed by atoms with Gasteiger partial charge in [-0.15, -0.1) is 0 Å². The number of ether oxygens (including phenoxy) is 1. The van der Waals surface area contributed by atoms with Crippen LogP contribution in [0.5, 0.6) is 0 Å². The topological polar surface area (TPSA) is 66.9 Å². The van der Waals surface area contributed by atoms with Crippen LogP contribution in [0.25, 0.3) is 0 Å². The summed E-state index contributed by atoms with van der Waals surface area (Å²) in [6, 6.07) is 8.21. The second kappa shape index (κ2) is 3.54. The highest BCUT2D eigenvalue weighted by Gasteiger charge is 2.71. The van der Waals surface area contributed by atoms with Crippen molar-refractivity contribution in [1.82, 2.24) is 0 Å². The maximum Gasteiger partial charge on any atom is 0.225 e. The van der Waals surface area contributed by atoms with Crippen molar-refractivity contribution < 1.29 is 18.3 Å². The summed E-state index contributed by atoms with van der Waals surface area (Å²) in [5.74, 6) is 0. The highest BCUT2D eigenvalue weighted by Crippen LogP contribution is 2.53. The lowest BCUT2D eigenvalue weighted by atomic mass is 9.97. The fourth-order valence-electron chi connectivity index (χ4n) is 2.64. The molecule has 0 spiro atoms. The Kier molecular flexibility index (Phi) is 2.33. The number of epoxide rings is 1. The van der Waals surface area contributed by atoms with E-state index in [1.165, 1.54) is 0 Å². The van der Waals surface area contributed by atoms with Crippen LogP contribution < -0.4 is 0 Å². The monoisotopic (exact) mass is 254 g/mol. The average Bonchev–Trinajstić information content (AvgIpc) is 3.08. The fourth-order valence-corrected chi connectivity index (χ4v) is 4.71. The summed E-state index contributed by atoms with van der Waals surface area (Å²) in [6.45, 7) is 0. The number of rotatable bonds is 2. The number of aliphatic hydroxyl groups excluding tert-OH is 1. The molecule has 1 heterocycles. The Hall–Kier alpha value is -0.910. The summed E-state index contributed by atoms with van der Waals surface area (Å²) in [5, 5.41) is 9.96. The van der Waals surface area contributed by atoms with Crippen LogP contribution in [0.2, 0.25) is 0 Å². The molecule has 0 bridgehead atoms. The minimum atomic E-state index is -3.61. The molecule has 2 fully saturated rings. The van der Waals surface area contributed by atoms with E-state index in [0.717, 1.165) is 6.42 Å². The van der Waals surface area contributed by atoms with Crippen LogP contribution in [0.1, 0.15) is 19.3 Å². The molecule has 5 heteroatoms. The number of benzene rings is 1. The molecule has 0 radical (unpaired) electrons. The molecule has 1 aliphatic heterocycles. The molecule has 1 aromatic rings. The molecule has 3 atom stereocenters. The van der Waals surface area contributed by atoms with E-state index < -0.39 is 20.9 Å². The van der Waals surface area contributed by atoms with Gasteiger partial charge >= 0.3 is 0 Å². The summed E-state index contributed by atoms with van der Waals surface area (Å²) in [6.07, 6.45) is 0.770. The van der Waals surface area contributed by atoms with Gasteiger partial charge in [-0.2, -0.15) is 0 Å². The maximum absolute atomic E-state index is 12.5. The van der Waals surface area contributed by atoms with Crippen LogP contribution in [0.4, 0.5) is 0 Å². The van der Waals surface area contributed by atoms with Crippen LogP contribution in [0, 0.1) is 0 Å². The van der Waals surface area contributed by atoms with E-state index in [9.17, 15) is 13.5 Å². The number of hydrogen-bond acceptors (Lipinski definition) is 4. The summed E-state index contributed by atoms with van der Waals surface area (Å²) in [4.78, 5) is -1.14.